The highest BCUT2D eigenvalue weighted by molar-refractivity contribution is 5.49. The Labute approximate surface area is 87.2 Å². The van der Waals surface area contributed by atoms with Crippen LogP contribution in [-0.2, 0) is 4.74 Å². The van der Waals surface area contributed by atoms with Gasteiger partial charge in [0.2, 0.25) is 5.95 Å². The van der Waals surface area contributed by atoms with E-state index in [1.807, 2.05) is 0 Å². The van der Waals surface area contributed by atoms with Gasteiger partial charge >= 0.3 is 0 Å². The van der Waals surface area contributed by atoms with Crippen LogP contribution in [0.1, 0.15) is 12.8 Å². The van der Waals surface area contributed by atoms with E-state index < -0.39 is 5.95 Å². The van der Waals surface area contributed by atoms with E-state index in [9.17, 15) is 4.39 Å². The fourth-order valence-corrected chi connectivity index (χ4v) is 1.51. The number of nitrogen functional groups attached to an aromatic ring is 1. The topological polar surface area (TPSA) is 57.4 Å². The van der Waals surface area contributed by atoms with Crippen molar-refractivity contribution in [3.63, 3.8) is 0 Å². The molecule has 0 aromatic carbocycles. The van der Waals surface area contributed by atoms with Crippen LogP contribution >= 0.6 is 0 Å². The van der Waals surface area contributed by atoms with Crippen molar-refractivity contribution in [3.8, 4) is 5.75 Å². The molecule has 15 heavy (non-hydrogen) atoms. The summed E-state index contributed by atoms with van der Waals surface area (Å²) >= 11 is 0. The SMILES string of the molecule is Nc1cnc(F)cc1OCC1CCCO1. The van der Waals surface area contributed by atoms with Gasteiger partial charge in [-0.25, -0.2) is 4.98 Å². The van der Waals surface area contributed by atoms with Crippen molar-refractivity contribution in [1.29, 1.82) is 0 Å². The number of nitrogens with two attached hydrogens (primary N) is 1. The van der Waals surface area contributed by atoms with E-state index >= 15 is 0 Å². The second kappa shape index (κ2) is 4.44. The molecular weight excluding hydrogens is 199 g/mol. The highest BCUT2D eigenvalue weighted by atomic mass is 19.1. The van der Waals surface area contributed by atoms with Crippen molar-refractivity contribution in [1.82, 2.24) is 4.98 Å². The maximum absolute atomic E-state index is 12.8. The van der Waals surface area contributed by atoms with E-state index in [1.165, 1.54) is 12.3 Å². The lowest BCUT2D eigenvalue weighted by atomic mass is 10.2. The normalized spacial score (nSPS) is 20.5. The average molecular weight is 212 g/mol. The van der Waals surface area contributed by atoms with Crippen LogP contribution in [0.15, 0.2) is 12.3 Å². The number of aromatic nitrogens is 1. The Balaban J connectivity index is 1.94. The summed E-state index contributed by atoms with van der Waals surface area (Å²) in [6, 6.07) is 1.18. The first kappa shape index (κ1) is 10.2. The monoisotopic (exact) mass is 212 g/mol. The van der Waals surface area contributed by atoms with Crippen molar-refractivity contribution < 1.29 is 13.9 Å². The Morgan fingerprint density at radius 2 is 2.53 bits per heavy atom. The molecule has 0 saturated carbocycles. The van der Waals surface area contributed by atoms with Crippen molar-refractivity contribution in [3.05, 3.63) is 18.2 Å². The molecule has 1 aliphatic rings. The van der Waals surface area contributed by atoms with Gasteiger partial charge < -0.3 is 15.2 Å². The van der Waals surface area contributed by atoms with Crippen LogP contribution in [0.2, 0.25) is 0 Å². The molecule has 1 fully saturated rings. The minimum absolute atomic E-state index is 0.0978. The number of hydrogen-bond acceptors (Lipinski definition) is 4. The van der Waals surface area contributed by atoms with Gasteiger partial charge in [0.15, 0.2) is 0 Å². The van der Waals surface area contributed by atoms with Gasteiger partial charge in [0, 0.05) is 12.7 Å². The van der Waals surface area contributed by atoms with E-state index in [4.69, 9.17) is 15.2 Å². The largest absolute Gasteiger partial charge is 0.488 e. The van der Waals surface area contributed by atoms with E-state index in [0.717, 1.165) is 19.4 Å². The number of anilines is 1. The lowest BCUT2D eigenvalue weighted by Gasteiger charge is -2.12. The van der Waals surface area contributed by atoms with Crippen LogP contribution in [0.5, 0.6) is 5.75 Å². The quantitative estimate of drug-likeness (QED) is 0.768. The zero-order valence-corrected chi connectivity index (χ0v) is 8.28. The molecule has 5 heteroatoms. The van der Waals surface area contributed by atoms with Crippen LogP contribution < -0.4 is 10.5 Å². The third kappa shape index (κ3) is 2.56. The van der Waals surface area contributed by atoms with Gasteiger partial charge in [0.05, 0.1) is 18.0 Å². The Morgan fingerprint density at radius 3 is 3.27 bits per heavy atom. The van der Waals surface area contributed by atoms with Crippen LogP contribution in [0.4, 0.5) is 10.1 Å². The first-order valence-corrected chi connectivity index (χ1v) is 4.91. The minimum Gasteiger partial charge on any atom is -0.488 e. The maximum Gasteiger partial charge on any atom is 0.216 e. The van der Waals surface area contributed by atoms with Crippen molar-refractivity contribution in [2.24, 2.45) is 0 Å². The number of halogens is 1. The van der Waals surface area contributed by atoms with Crippen molar-refractivity contribution >= 4 is 5.69 Å². The molecule has 1 aliphatic heterocycles. The fourth-order valence-electron chi connectivity index (χ4n) is 1.51. The number of rotatable bonds is 3. The highest BCUT2D eigenvalue weighted by Gasteiger charge is 2.16. The average Bonchev–Trinajstić information content (AvgIpc) is 2.72. The molecule has 0 radical (unpaired) electrons. The van der Waals surface area contributed by atoms with Crippen LogP contribution in [-0.4, -0.2) is 24.3 Å². The molecule has 82 valence electrons. The van der Waals surface area contributed by atoms with Crippen molar-refractivity contribution in [2.75, 3.05) is 18.9 Å². The highest BCUT2D eigenvalue weighted by Crippen LogP contribution is 2.22. The predicted molar refractivity (Wildman–Crippen MR) is 53.1 cm³/mol. The number of hydrogen-bond donors (Lipinski definition) is 1. The summed E-state index contributed by atoms with van der Waals surface area (Å²) in [6.07, 6.45) is 3.38. The third-order valence-corrected chi connectivity index (χ3v) is 2.31. The summed E-state index contributed by atoms with van der Waals surface area (Å²) in [5.41, 5.74) is 5.92. The number of pyridine rings is 1. The van der Waals surface area contributed by atoms with Gasteiger partial charge in [0.1, 0.15) is 12.4 Å². The zero-order valence-electron chi connectivity index (χ0n) is 8.28. The van der Waals surface area contributed by atoms with Gasteiger partial charge in [-0.1, -0.05) is 0 Å². The van der Waals surface area contributed by atoms with Gasteiger partial charge in [-0.05, 0) is 12.8 Å². The van der Waals surface area contributed by atoms with E-state index in [2.05, 4.69) is 4.98 Å². The summed E-state index contributed by atoms with van der Waals surface area (Å²) in [7, 11) is 0. The van der Waals surface area contributed by atoms with Crippen molar-refractivity contribution in [2.45, 2.75) is 18.9 Å². The molecule has 4 nitrogen and oxygen atoms in total. The summed E-state index contributed by atoms with van der Waals surface area (Å²) in [5.74, 6) is -0.260. The maximum atomic E-state index is 12.8. The molecule has 0 spiro atoms. The van der Waals surface area contributed by atoms with E-state index in [1.54, 1.807) is 0 Å². The fraction of sp³-hybridized carbons (Fsp3) is 0.500. The van der Waals surface area contributed by atoms with Crippen LogP contribution in [0, 0.1) is 5.95 Å². The second-order valence-corrected chi connectivity index (χ2v) is 3.49. The van der Waals surface area contributed by atoms with Crippen LogP contribution in [0.3, 0.4) is 0 Å². The molecule has 1 saturated heterocycles. The van der Waals surface area contributed by atoms with Gasteiger partial charge in [-0.2, -0.15) is 4.39 Å². The molecule has 1 unspecified atom stereocenters. The first-order valence-electron chi connectivity index (χ1n) is 4.91. The minimum atomic E-state index is -0.591. The van der Waals surface area contributed by atoms with E-state index in [0.29, 0.717) is 18.0 Å². The molecule has 1 atom stereocenters. The predicted octanol–water partition coefficient (Wildman–Crippen LogP) is 1.36. The molecule has 1 aromatic rings. The first-order chi connectivity index (χ1) is 7.25. The van der Waals surface area contributed by atoms with Crippen LogP contribution in [0.25, 0.3) is 0 Å². The molecule has 0 aliphatic carbocycles. The molecule has 1 aromatic heterocycles. The Bertz CT molecular complexity index is 340. The molecule has 0 amide bonds. The Morgan fingerprint density at radius 1 is 1.67 bits per heavy atom. The van der Waals surface area contributed by atoms with Gasteiger partial charge in [-0.3, -0.25) is 0 Å². The molecule has 0 bridgehead atoms. The number of nitrogens with zero attached hydrogens (tertiary/aromatic N) is 1. The molecule has 2 N–H and O–H groups in total. The molecule has 2 heterocycles. The standard InChI is InChI=1S/C10H13FN2O2/c11-10-4-9(8(12)5-13-10)15-6-7-2-1-3-14-7/h4-5,7H,1-3,6,12H2. The van der Waals surface area contributed by atoms with E-state index in [-0.39, 0.29) is 6.10 Å². The lowest BCUT2D eigenvalue weighted by Crippen LogP contribution is -2.16. The molecular formula is C10H13FN2O2. The Kier molecular flexibility index (Phi) is 3.01. The number of ether oxygens (including phenoxy) is 2. The summed E-state index contributed by atoms with van der Waals surface area (Å²) in [6.45, 7) is 1.18. The van der Waals surface area contributed by atoms with Gasteiger partial charge in [-0.15, -0.1) is 0 Å². The summed E-state index contributed by atoms with van der Waals surface area (Å²) in [4.78, 5) is 3.42. The smallest absolute Gasteiger partial charge is 0.216 e. The van der Waals surface area contributed by atoms with Gasteiger partial charge in [0.25, 0.3) is 0 Å². The zero-order chi connectivity index (χ0) is 10.7. The Hall–Kier alpha value is -1.36. The molecule has 2 rings (SSSR count). The summed E-state index contributed by atoms with van der Waals surface area (Å²) < 4.78 is 23.5. The summed E-state index contributed by atoms with van der Waals surface area (Å²) in [5, 5.41) is 0. The lowest BCUT2D eigenvalue weighted by molar-refractivity contribution is 0.0680. The second-order valence-electron chi connectivity index (χ2n) is 3.49. The third-order valence-electron chi connectivity index (χ3n) is 2.31.